The Morgan fingerprint density at radius 1 is 1.07 bits per heavy atom. The van der Waals surface area contributed by atoms with Crippen LogP contribution in [-0.4, -0.2) is 37.0 Å². The minimum atomic E-state index is -0.102. The smallest absolute Gasteiger partial charge is 0.258 e. The molecular weight excluding hydrogens is 372 g/mol. The number of halogens is 1. The summed E-state index contributed by atoms with van der Waals surface area (Å²) in [5.41, 5.74) is 3.44. The van der Waals surface area contributed by atoms with Gasteiger partial charge < -0.3 is 10.1 Å². The summed E-state index contributed by atoms with van der Waals surface area (Å²) < 4.78 is 5.69. The van der Waals surface area contributed by atoms with Crippen molar-refractivity contribution in [1.29, 1.82) is 0 Å². The summed E-state index contributed by atoms with van der Waals surface area (Å²) in [5, 5.41) is 3.78. The number of ether oxygens (including phenoxy) is 1. The Balaban J connectivity index is 1.59. The third-order valence-electron chi connectivity index (χ3n) is 5.14. The van der Waals surface area contributed by atoms with Gasteiger partial charge in [-0.25, -0.2) is 0 Å². The maximum absolute atomic E-state index is 12.4. The monoisotopic (exact) mass is 400 g/mol. The van der Waals surface area contributed by atoms with Crippen molar-refractivity contribution in [3.8, 4) is 5.75 Å². The Bertz CT molecular complexity index is 765. The van der Waals surface area contributed by atoms with Crippen LogP contribution in [0.25, 0.3) is 0 Å². The van der Waals surface area contributed by atoms with E-state index in [1.807, 2.05) is 38.1 Å². The number of likely N-dealkylation sites (tertiary alicyclic amines) is 1. The normalized spacial score (nSPS) is 15.8. The summed E-state index contributed by atoms with van der Waals surface area (Å²) in [5.74, 6) is 0.632. The molecule has 0 spiro atoms. The van der Waals surface area contributed by atoms with E-state index in [1.165, 1.54) is 24.8 Å². The average molecular weight is 401 g/mol. The fourth-order valence-electron chi connectivity index (χ4n) is 3.80. The topological polar surface area (TPSA) is 41.6 Å². The number of aryl methyl sites for hydroxylation is 2. The van der Waals surface area contributed by atoms with Gasteiger partial charge in [-0.15, -0.1) is 0 Å². The highest BCUT2D eigenvalue weighted by Crippen LogP contribution is 2.25. The molecular formula is C23H29ClN2O2. The van der Waals surface area contributed by atoms with Gasteiger partial charge in [-0.2, -0.15) is 0 Å². The largest absolute Gasteiger partial charge is 0.484 e. The SMILES string of the molecule is Cc1cc(C)cc(OCC(=O)NCC(c2ccc(Cl)cc2)N2CCCCC2)c1. The summed E-state index contributed by atoms with van der Waals surface area (Å²) in [4.78, 5) is 14.8. The predicted octanol–water partition coefficient (Wildman–Crippen LogP) is 4.68. The second-order valence-corrected chi connectivity index (χ2v) is 8.02. The first-order chi connectivity index (χ1) is 13.5. The number of carbonyl (C=O) groups excluding carboxylic acids is 1. The molecule has 1 unspecified atom stereocenters. The van der Waals surface area contributed by atoms with Crippen LogP contribution in [-0.2, 0) is 4.79 Å². The molecule has 2 aromatic carbocycles. The van der Waals surface area contributed by atoms with Crippen molar-refractivity contribution in [3.05, 3.63) is 64.2 Å². The van der Waals surface area contributed by atoms with Crippen LogP contribution in [0.4, 0.5) is 0 Å². The molecule has 28 heavy (non-hydrogen) atoms. The molecule has 0 radical (unpaired) electrons. The zero-order chi connectivity index (χ0) is 19.9. The first-order valence-electron chi connectivity index (χ1n) is 9.98. The van der Waals surface area contributed by atoms with Gasteiger partial charge in [0.05, 0.1) is 6.04 Å². The van der Waals surface area contributed by atoms with Crippen LogP contribution in [0.1, 0.15) is 42.0 Å². The number of hydrogen-bond donors (Lipinski definition) is 1. The van der Waals surface area contributed by atoms with Gasteiger partial charge in [0.2, 0.25) is 0 Å². The second kappa shape index (κ2) is 9.94. The van der Waals surface area contributed by atoms with Crippen LogP contribution in [0.2, 0.25) is 5.02 Å². The summed E-state index contributed by atoms with van der Waals surface area (Å²) in [6, 6.07) is 14.1. The van der Waals surface area contributed by atoms with Gasteiger partial charge in [0.15, 0.2) is 6.61 Å². The Labute approximate surface area is 172 Å². The number of piperidine rings is 1. The molecule has 1 saturated heterocycles. The summed E-state index contributed by atoms with van der Waals surface area (Å²) >= 11 is 6.05. The lowest BCUT2D eigenvalue weighted by Gasteiger charge is -2.35. The second-order valence-electron chi connectivity index (χ2n) is 7.58. The third-order valence-corrected chi connectivity index (χ3v) is 5.40. The number of nitrogens with zero attached hydrogens (tertiary/aromatic N) is 1. The molecule has 1 fully saturated rings. The Morgan fingerprint density at radius 3 is 2.36 bits per heavy atom. The minimum Gasteiger partial charge on any atom is -0.484 e. The number of amides is 1. The maximum Gasteiger partial charge on any atom is 0.258 e. The molecule has 0 saturated carbocycles. The van der Waals surface area contributed by atoms with Gasteiger partial charge in [0.1, 0.15) is 5.75 Å². The van der Waals surface area contributed by atoms with Crippen LogP contribution in [0.3, 0.4) is 0 Å². The molecule has 150 valence electrons. The number of carbonyl (C=O) groups is 1. The Morgan fingerprint density at radius 2 is 1.71 bits per heavy atom. The summed E-state index contributed by atoms with van der Waals surface area (Å²) in [6.07, 6.45) is 3.68. The van der Waals surface area contributed by atoms with E-state index in [2.05, 4.69) is 28.4 Å². The van der Waals surface area contributed by atoms with Crippen molar-refractivity contribution in [2.24, 2.45) is 0 Å². The van der Waals surface area contributed by atoms with Crippen LogP contribution in [0.5, 0.6) is 5.75 Å². The highest BCUT2D eigenvalue weighted by Gasteiger charge is 2.23. The van der Waals surface area contributed by atoms with E-state index in [4.69, 9.17) is 16.3 Å². The maximum atomic E-state index is 12.4. The van der Waals surface area contributed by atoms with E-state index in [0.717, 1.165) is 35.0 Å². The number of hydrogen-bond acceptors (Lipinski definition) is 3. The molecule has 4 nitrogen and oxygen atoms in total. The quantitative estimate of drug-likeness (QED) is 0.733. The molecule has 0 bridgehead atoms. The zero-order valence-electron chi connectivity index (χ0n) is 16.7. The van der Waals surface area contributed by atoms with Crippen molar-refractivity contribution in [2.75, 3.05) is 26.2 Å². The Hall–Kier alpha value is -2.04. The summed E-state index contributed by atoms with van der Waals surface area (Å²) in [6.45, 7) is 6.75. The zero-order valence-corrected chi connectivity index (χ0v) is 17.5. The average Bonchev–Trinajstić information content (AvgIpc) is 2.68. The fourth-order valence-corrected chi connectivity index (χ4v) is 3.93. The van der Waals surface area contributed by atoms with E-state index in [-0.39, 0.29) is 18.6 Å². The van der Waals surface area contributed by atoms with Crippen molar-refractivity contribution in [1.82, 2.24) is 10.2 Å². The van der Waals surface area contributed by atoms with Crippen molar-refractivity contribution < 1.29 is 9.53 Å². The molecule has 5 heteroatoms. The first-order valence-corrected chi connectivity index (χ1v) is 10.4. The van der Waals surface area contributed by atoms with Crippen LogP contribution in [0, 0.1) is 13.8 Å². The summed E-state index contributed by atoms with van der Waals surface area (Å²) in [7, 11) is 0. The molecule has 1 aliphatic heterocycles. The van der Waals surface area contributed by atoms with E-state index < -0.39 is 0 Å². The molecule has 1 amide bonds. The number of nitrogens with one attached hydrogen (secondary N) is 1. The number of rotatable bonds is 7. The standard InChI is InChI=1S/C23H29ClN2O2/c1-17-12-18(2)14-21(13-17)28-16-23(27)25-15-22(26-10-4-3-5-11-26)19-6-8-20(24)9-7-19/h6-9,12-14,22H,3-5,10-11,15-16H2,1-2H3,(H,25,27). The molecule has 3 rings (SSSR count). The fraction of sp³-hybridized carbons (Fsp3) is 0.435. The molecule has 0 aliphatic carbocycles. The van der Waals surface area contributed by atoms with Crippen LogP contribution >= 0.6 is 11.6 Å². The van der Waals surface area contributed by atoms with Gasteiger partial charge in [-0.3, -0.25) is 9.69 Å². The minimum absolute atomic E-state index is 0.0240. The molecule has 1 heterocycles. The van der Waals surface area contributed by atoms with Gasteiger partial charge in [-0.1, -0.05) is 36.2 Å². The third kappa shape index (κ3) is 5.98. The van der Waals surface area contributed by atoms with Crippen LogP contribution in [0.15, 0.2) is 42.5 Å². The molecule has 2 aromatic rings. The molecule has 1 aliphatic rings. The Kier molecular flexibility index (Phi) is 7.35. The van der Waals surface area contributed by atoms with Gasteiger partial charge in [0, 0.05) is 11.6 Å². The van der Waals surface area contributed by atoms with E-state index in [0.29, 0.717) is 6.54 Å². The van der Waals surface area contributed by atoms with Gasteiger partial charge >= 0.3 is 0 Å². The van der Waals surface area contributed by atoms with E-state index in [1.54, 1.807) is 0 Å². The van der Waals surface area contributed by atoms with E-state index >= 15 is 0 Å². The molecule has 1 atom stereocenters. The van der Waals surface area contributed by atoms with E-state index in [9.17, 15) is 4.79 Å². The van der Waals surface area contributed by atoms with Gasteiger partial charge in [-0.05, 0) is 80.7 Å². The van der Waals surface area contributed by atoms with Crippen molar-refractivity contribution in [3.63, 3.8) is 0 Å². The van der Waals surface area contributed by atoms with Crippen molar-refractivity contribution in [2.45, 2.75) is 39.2 Å². The molecule has 1 N–H and O–H groups in total. The lowest BCUT2D eigenvalue weighted by molar-refractivity contribution is -0.123. The lowest BCUT2D eigenvalue weighted by atomic mass is 10.0. The first kappa shape index (κ1) is 20.7. The lowest BCUT2D eigenvalue weighted by Crippen LogP contribution is -2.41. The van der Waals surface area contributed by atoms with Crippen molar-refractivity contribution >= 4 is 17.5 Å². The molecule has 0 aromatic heterocycles. The predicted molar refractivity (Wildman–Crippen MR) is 114 cm³/mol. The van der Waals surface area contributed by atoms with Crippen LogP contribution < -0.4 is 10.1 Å². The highest BCUT2D eigenvalue weighted by molar-refractivity contribution is 6.30. The number of benzene rings is 2. The van der Waals surface area contributed by atoms with Gasteiger partial charge in [0.25, 0.3) is 5.91 Å². The highest BCUT2D eigenvalue weighted by atomic mass is 35.5.